The largest absolute Gasteiger partial charge is 0.405 e. The third-order valence-corrected chi connectivity index (χ3v) is 4.24. The molecular weight excluding hydrogens is 319 g/mol. The molecule has 1 N–H and O–H groups in total. The van der Waals surface area contributed by atoms with Crippen molar-refractivity contribution in [3.8, 4) is 6.07 Å². The molecule has 0 bridgehead atoms. The second-order valence-electron chi connectivity index (χ2n) is 6.61. The second-order valence-corrected chi connectivity index (χ2v) is 6.61. The number of carbonyl (C=O) groups is 1. The van der Waals surface area contributed by atoms with Crippen LogP contribution < -0.4 is 5.43 Å². The lowest BCUT2D eigenvalue weighted by Crippen LogP contribution is -2.56. The summed E-state index contributed by atoms with van der Waals surface area (Å²) < 4.78 is 40.4. The number of rotatable bonds is 5. The molecule has 0 radical (unpaired) electrons. The van der Waals surface area contributed by atoms with Gasteiger partial charge < -0.3 is 0 Å². The Hall–Kier alpha value is -2.07. The molecule has 2 rings (SSSR count). The highest BCUT2D eigenvalue weighted by Gasteiger charge is 2.51. The molecular formula is C17H20F3N3O. The summed E-state index contributed by atoms with van der Waals surface area (Å²) in [6.07, 6.45) is -3.89. The molecule has 4 nitrogen and oxygen atoms in total. The van der Waals surface area contributed by atoms with Crippen molar-refractivity contribution in [1.82, 2.24) is 10.4 Å². The first kappa shape index (κ1) is 18.3. The zero-order valence-corrected chi connectivity index (χ0v) is 13.7. The average molecular weight is 339 g/mol. The van der Waals surface area contributed by atoms with Crippen LogP contribution in [0.25, 0.3) is 0 Å². The van der Waals surface area contributed by atoms with Crippen molar-refractivity contribution in [2.75, 3.05) is 0 Å². The number of aryl methyl sites for hydroxylation is 1. The molecule has 7 heteroatoms. The number of nitrogens with one attached hydrogen (secondary N) is 1. The van der Waals surface area contributed by atoms with Crippen molar-refractivity contribution in [3.05, 3.63) is 35.4 Å². The number of carbonyl (C=O) groups excluding carboxylic acids is 1. The van der Waals surface area contributed by atoms with Gasteiger partial charge in [-0.2, -0.15) is 18.4 Å². The summed E-state index contributed by atoms with van der Waals surface area (Å²) in [4.78, 5) is 11.5. The van der Waals surface area contributed by atoms with Gasteiger partial charge in [0.25, 0.3) is 0 Å². The van der Waals surface area contributed by atoms with Crippen LogP contribution in [0, 0.1) is 11.3 Å². The predicted molar refractivity (Wildman–Crippen MR) is 82.6 cm³/mol. The molecule has 0 saturated carbocycles. The van der Waals surface area contributed by atoms with Crippen LogP contribution in [0.15, 0.2) is 24.3 Å². The minimum absolute atomic E-state index is 0.0385. The lowest BCUT2D eigenvalue weighted by molar-refractivity contribution is -0.202. The Bertz CT molecular complexity index is 649. The average Bonchev–Trinajstić information content (AvgIpc) is 2.75. The molecule has 1 aromatic carbocycles. The highest BCUT2D eigenvalue weighted by Crippen LogP contribution is 2.35. The number of hydrogen-bond donors (Lipinski definition) is 1. The van der Waals surface area contributed by atoms with E-state index in [1.54, 1.807) is 38.1 Å². The van der Waals surface area contributed by atoms with E-state index in [0.717, 1.165) is 10.6 Å². The summed E-state index contributed by atoms with van der Waals surface area (Å²) in [5.74, 6) is -0.399. The fourth-order valence-electron chi connectivity index (χ4n) is 3.08. The molecule has 1 heterocycles. The maximum Gasteiger partial charge on any atom is 0.405 e. The maximum absolute atomic E-state index is 13.5. The van der Waals surface area contributed by atoms with Gasteiger partial charge in [0.1, 0.15) is 6.04 Å². The van der Waals surface area contributed by atoms with Crippen molar-refractivity contribution >= 4 is 5.91 Å². The van der Waals surface area contributed by atoms with Gasteiger partial charge in [0.05, 0.1) is 11.6 Å². The van der Waals surface area contributed by atoms with Crippen LogP contribution in [0.3, 0.4) is 0 Å². The fourth-order valence-corrected chi connectivity index (χ4v) is 3.08. The highest BCUT2D eigenvalue weighted by atomic mass is 19.4. The van der Waals surface area contributed by atoms with Gasteiger partial charge in [0.15, 0.2) is 0 Å². The van der Waals surface area contributed by atoms with E-state index in [4.69, 9.17) is 5.26 Å². The van der Waals surface area contributed by atoms with Gasteiger partial charge in [0.2, 0.25) is 5.91 Å². The van der Waals surface area contributed by atoms with Gasteiger partial charge in [-0.05, 0) is 44.7 Å². The van der Waals surface area contributed by atoms with Gasteiger partial charge in [-0.1, -0.05) is 18.2 Å². The highest BCUT2D eigenvalue weighted by molar-refractivity contribution is 5.78. The number of amides is 1. The second kappa shape index (κ2) is 6.81. The summed E-state index contributed by atoms with van der Waals surface area (Å²) >= 11 is 0. The molecule has 0 spiro atoms. The lowest BCUT2D eigenvalue weighted by atomic mass is 9.96. The molecule has 0 aliphatic carbocycles. The quantitative estimate of drug-likeness (QED) is 0.895. The Kier molecular flexibility index (Phi) is 5.19. The minimum Gasteiger partial charge on any atom is -0.288 e. The molecule has 1 aliphatic heterocycles. The summed E-state index contributed by atoms with van der Waals surface area (Å²) in [6, 6.07) is 7.20. The van der Waals surface area contributed by atoms with E-state index < -0.39 is 23.7 Å². The minimum atomic E-state index is -4.44. The van der Waals surface area contributed by atoms with Gasteiger partial charge >= 0.3 is 6.18 Å². The van der Waals surface area contributed by atoms with Crippen molar-refractivity contribution in [2.45, 2.75) is 57.3 Å². The monoisotopic (exact) mass is 339 g/mol. The molecule has 24 heavy (non-hydrogen) atoms. The topological polar surface area (TPSA) is 56.1 Å². The number of benzene rings is 1. The molecule has 1 saturated heterocycles. The maximum atomic E-state index is 13.5. The molecule has 0 aromatic heterocycles. The Morgan fingerprint density at radius 2 is 2.04 bits per heavy atom. The van der Waals surface area contributed by atoms with Crippen LogP contribution in [0.1, 0.15) is 44.2 Å². The summed E-state index contributed by atoms with van der Waals surface area (Å²) in [5.41, 5.74) is 2.68. The number of hydrogen-bond acceptors (Lipinski definition) is 3. The van der Waals surface area contributed by atoms with Crippen molar-refractivity contribution in [1.29, 1.82) is 5.26 Å². The van der Waals surface area contributed by atoms with E-state index >= 15 is 0 Å². The Morgan fingerprint density at radius 3 is 2.58 bits per heavy atom. The first-order valence-corrected chi connectivity index (χ1v) is 7.79. The normalized spacial score (nSPS) is 18.9. The Balaban J connectivity index is 2.08. The SMILES string of the molecule is CC1(C)CC(=O)NN1C(CCCc1ccccc1C#N)C(F)(F)F. The summed E-state index contributed by atoms with van der Waals surface area (Å²) in [6.45, 7) is 3.24. The Labute approximate surface area is 139 Å². The van der Waals surface area contributed by atoms with Gasteiger partial charge in [0, 0.05) is 12.0 Å². The predicted octanol–water partition coefficient (Wildman–Crippen LogP) is 3.33. The molecule has 1 aromatic rings. The third-order valence-electron chi connectivity index (χ3n) is 4.24. The standard InChI is InChI=1S/C17H20F3N3O/c1-16(2)10-15(24)22-23(16)14(17(18,19)20)9-5-8-12-6-3-4-7-13(12)11-21/h3-4,6-7,14H,5,8-10H2,1-2H3,(H,22,24). The summed E-state index contributed by atoms with van der Waals surface area (Å²) in [7, 11) is 0. The molecule has 130 valence electrons. The van der Waals surface area contributed by atoms with Crippen LogP contribution in [0.2, 0.25) is 0 Å². The van der Waals surface area contributed by atoms with Crippen LogP contribution in [0.5, 0.6) is 0 Å². The molecule has 1 aliphatic rings. The van der Waals surface area contributed by atoms with Crippen molar-refractivity contribution < 1.29 is 18.0 Å². The van der Waals surface area contributed by atoms with E-state index in [-0.39, 0.29) is 19.3 Å². The number of nitrogens with zero attached hydrogens (tertiary/aromatic N) is 2. The van der Waals surface area contributed by atoms with E-state index in [9.17, 15) is 18.0 Å². The third kappa shape index (κ3) is 4.06. The van der Waals surface area contributed by atoms with Crippen molar-refractivity contribution in [3.63, 3.8) is 0 Å². The molecule has 1 fully saturated rings. The first-order chi connectivity index (χ1) is 11.1. The molecule has 1 atom stereocenters. The van der Waals surface area contributed by atoms with E-state index in [2.05, 4.69) is 5.43 Å². The first-order valence-electron chi connectivity index (χ1n) is 7.79. The number of halogens is 3. The van der Waals surface area contributed by atoms with Crippen LogP contribution in [0.4, 0.5) is 13.2 Å². The smallest absolute Gasteiger partial charge is 0.288 e. The van der Waals surface area contributed by atoms with Gasteiger partial charge in [-0.15, -0.1) is 0 Å². The van der Waals surface area contributed by atoms with E-state index in [0.29, 0.717) is 12.0 Å². The lowest BCUT2D eigenvalue weighted by Gasteiger charge is -2.37. The molecule has 1 unspecified atom stereocenters. The van der Waals surface area contributed by atoms with E-state index in [1.807, 2.05) is 6.07 Å². The van der Waals surface area contributed by atoms with Gasteiger partial charge in [-0.3, -0.25) is 10.2 Å². The van der Waals surface area contributed by atoms with Crippen LogP contribution >= 0.6 is 0 Å². The van der Waals surface area contributed by atoms with E-state index in [1.165, 1.54) is 0 Å². The number of hydrazine groups is 1. The zero-order chi connectivity index (χ0) is 18.0. The zero-order valence-electron chi connectivity index (χ0n) is 13.7. The Morgan fingerprint density at radius 1 is 1.38 bits per heavy atom. The van der Waals surface area contributed by atoms with Crippen molar-refractivity contribution in [2.24, 2.45) is 0 Å². The van der Waals surface area contributed by atoms with Crippen LogP contribution in [-0.2, 0) is 11.2 Å². The number of alkyl halides is 3. The van der Waals surface area contributed by atoms with Crippen LogP contribution in [-0.4, -0.2) is 28.7 Å². The summed E-state index contributed by atoms with van der Waals surface area (Å²) in [5, 5.41) is 10.1. The molecule has 1 amide bonds. The van der Waals surface area contributed by atoms with Gasteiger partial charge in [-0.25, -0.2) is 5.01 Å². The number of nitriles is 1. The fraction of sp³-hybridized carbons (Fsp3) is 0.529.